The number of anilines is 2. The van der Waals surface area contributed by atoms with E-state index >= 15 is 0 Å². The Morgan fingerprint density at radius 1 is 1.32 bits per heavy atom. The van der Waals surface area contributed by atoms with Crippen molar-refractivity contribution in [3.05, 3.63) is 41.8 Å². The second kappa shape index (κ2) is 6.80. The maximum atomic E-state index is 5.30. The van der Waals surface area contributed by atoms with Crippen LogP contribution < -0.4 is 10.1 Å². The molecule has 3 rings (SSSR count). The summed E-state index contributed by atoms with van der Waals surface area (Å²) < 4.78 is 11.2. The van der Waals surface area contributed by atoms with Crippen molar-refractivity contribution in [2.75, 3.05) is 12.4 Å². The molecule has 0 radical (unpaired) electrons. The molecular weight excluding hydrogens is 320 g/mol. The van der Waals surface area contributed by atoms with Crippen molar-refractivity contribution in [1.29, 1.82) is 0 Å². The van der Waals surface area contributed by atoms with Crippen molar-refractivity contribution in [2.24, 2.45) is 0 Å². The molecule has 0 unspecified atom stereocenters. The van der Waals surface area contributed by atoms with E-state index in [1.54, 1.807) is 18.9 Å². The number of aromatic nitrogens is 3. The predicted octanol–water partition coefficient (Wildman–Crippen LogP) is 3.88. The first kappa shape index (κ1) is 14.9. The Bertz CT molecular complexity index is 757. The average molecular weight is 334 g/mol. The summed E-state index contributed by atoms with van der Waals surface area (Å²) in [6.07, 6.45) is 0. The molecule has 0 fully saturated rings. The maximum absolute atomic E-state index is 5.30. The molecule has 0 spiro atoms. The molecule has 8 heteroatoms. The third-order valence-corrected chi connectivity index (χ3v) is 4.78. The van der Waals surface area contributed by atoms with Crippen LogP contribution in [0.4, 0.5) is 10.8 Å². The molecule has 0 aliphatic carbocycles. The molecule has 3 aromatic rings. The van der Waals surface area contributed by atoms with Gasteiger partial charge >= 0.3 is 0 Å². The Balaban J connectivity index is 1.63. The van der Waals surface area contributed by atoms with Crippen LogP contribution in [0.1, 0.15) is 11.5 Å². The van der Waals surface area contributed by atoms with Gasteiger partial charge in [-0.15, -0.1) is 10.2 Å². The molecule has 6 nitrogen and oxygen atoms in total. The number of benzene rings is 1. The van der Waals surface area contributed by atoms with Crippen LogP contribution in [-0.4, -0.2) is 22.5 Å². The van der Waals surface area contributed by atoms with Crippen LogP contribution in [0.25, 0.3) is 0 Å². The molecule has 0 aliphatic heterocycles. The Hall–Kier alpha value is -2.06. The fourth-order valence-corrected chi connectivity index (χ4v) is 3.45. The summed E-state index contributed by atoms with van der Waals surface area (Å²) in [5.41, 5.74) is 1.77. The lowest BCUT2D eigenvalue weighted by Crippen LogP contribution is -1.93. The van der Waals surface area contributed by atoms with Crippen molar-refractivity contribution < 1.29 is 9.26 Å². The van der Waals surface area contributed by atoms with Crippen molar-refractivity contribution in [3.8, 4) is 5.75 Å². The number of nitrogens with one attached hydrogen (secondary N) is 1. The fraction of sp³-hybridized carbons (Fsp3) is 0.214. The quantitative estimate of drug-likeness (QED) is 0.686. The zero-order valence-electron chi connectivity index (χ0n) is 12.1. The highest BCUT2D eigenvalue weighted by molar-refractivity contribution is 8.00. The molecule has 0 aliphatic rings. The summed E-state index contributed by atoms with van der Waals surface area (Å²) in [6.45, 7) is 1.88. The molecule has 2 aromatic heterocycles. The molecule has 22 heavy (non-hydrogen) atoms. The second-order valence-corrected chi connectivity index (χ2v) is 6.62. The van der Waals surface area contributed by atoms with Gasteiger partial charge in [-0.05, 0) is 19.1 Å². The minimum absolute atomic E-state index is 0.709. The lowest BCUT2D eigenvalue weighted by atomic mass is 10.3. The Kier molecular flexibility index (Phi) is 4.59. The average Bonchev–Trinajstić information content (AvgIpc) is 3.15. The van der Waals surface area contributed by atoms with Crippen LogP contribution in [0.2, 0.25) is 0 Å². The molecule has 0 amide bonds. The number of aryl methyl sites for hydroxylation is 1. The molecule has 0 atom stereocenters. The molecule has 1 aromatic carbocycles. The van der Waals surface area contributed by atoms with E-state index in [0.29, 0.717) is 5.75 Å². The van der Waals surface area contributed by atoms with Crippen molar-refractivity contribution in [3.63, 3.8) is 0 Å². The highest BCUT2D eigenvalue weighted by Gasteiger charge is 2.09. The van der Waals surface area contributed by atoms with Crippen LogP contribution in [-0.2, 0) is 5.75 Å². The highest BCUT2D eigenvalue weighted by Crippen LogP contribution is 2.32. The zero-order valence-corrected chi connectivity index (χ0v) is 13.7. The van der Waals surface area contributed by atoms with Crippen LogP contribution in [0.5, 0.6) is 5.75 Å². The molecule has 114 valence electrons. The number of thioether (sulfide) groups is 1. The fourth-order valence-electron chi connectivity index (χ4n) is 1.80. The van der Waals surface area contributed by atoms with E-state index in [1.807, 2.05) is 37.3 Å². The lowest BCUT2D eigenvalue weighted by Gasteiger charge is -2.07. The molecular formula is C14H14N4O2S2. The molecule has 0 saturated heterocycles. The van der Waals surface area contributed by atoms with Crippen LogP contribution in [0, 0.1) is 6.92 Å². The third-order valence-electron chi connectivity index (χ3n) is 2.78. The summed E-state index contributed by atoms with van der Waals surface area (Å²) in [7, 11) is 1.64. The number of ether oxygens (including phenoxy) is 1. The summed E-state index contributed by atoms with van der Waals surface area (Å²) in [4.78, 5) is 0. The van der Waals surface area contributed by atoms with Crippen LogP contribution in [0.15, 0.2) is 39.2 Å². The Morgan fingerprint density at radius 2 is 2.18 bits per heavy atom. The standard InChI is InChI=1S/C14H14N4O2S2/c1-9-7-10(18-20-9)8-21-14-17-16-13(22-14)15-11-5-3-4-6-12(11)19-2/h3-7H,8H2,1-2H3,(H,15,16). The summed E-state index contributed by atoms with van der Waals surface area (Å²) in [5.74, 6) is 2.29. The topological polar surface area (TPSA) is 73.1 Å². The Morgan fingerprint density at radius 3 is 2.95 bits per heavy atom. The number of rotatable bonds is 6. The van der Waals surface area contributed by atoms with E-state index in [9.17, 15) is 0 Å². The minimum atomic E-state index is 0.709. The van der Waals surface area contributed by atoms with Gasteiger partial charge in [0, 0.05) is 11.8 Å². The van der Waals surface area contributed by atoms with Gasteiger partial charge in [0.2, 0.25) is 5.13 Å². The number of nitrogens with zero attached hydrogens (tertiary/aromatic N) is 3. The second-order valence-electron chi connectivity index (χ2n) is 4.42. The van der Waals surface area contributed by atoms with Crippen molar-refractivity contribution >= 4 is 33.9 Å². The Labute approximate surface area is 135 Å². The third kappa shape index (κ3) is 3.58. The SMILES string of the molecule is COc1ccccc1Nc1nnc(SCc2cc(C)on2)s1. The number of methoxy groups -OCH3 is 1. The molecule has 0 bridgehead atoms. The van der Waals surface area contributed by atoms with Crippen molar-refractivity contribution in [2.45, 2.75) is 17.0 Å². The van der Waals surface area contributed by atoms with E-state index < -0.39 is 0 Å². The summed E-state index contributed by atoms with van der Waals surface area (Å²) in [6, 6.07) is 9.61. The van der Waals surface area contributed by atoms with Crippen molar-refractivity contribution in [1.82, 2.24) is 15.4 Å². The van der Waals surface area contributed by atoms with E-state index in [0.717, 1.165) is 32.4 Å². The number of hydrogen-bond acceptors (Lipinski definition) is 8. The normalized spacial score (nSPS) is 10.6. The maximum Gasteiger partial charge on any atom is 0.210 e. The van der Waals surface area contributed by atoms with E-state index in [1.165, 1.54) is 11.3 Å². The number of hydrogen-bond donors (Lipinski definition) is 1. The van der Waals surface area contributed by atoms with Gasteiger partial charge < -0.3 is 14.6 Å². The zero-order chi connectivity index (χ0) is 15.4. The minimum Gasteiger partial charge on any atom is -0.495 e. The van der Waals surface area contributed by atoms with E-state index in [-0.39, 0.29) is 0 Å². The van der Waals surface area contributed by atoms with Crippen LogP contribution >= 0.6 is 23.1 Å². The van der Waals surface area contributed by atoms with Gasteiger partial charge in [0.15, 0.2) is 4.34 Å². The summed E-state index contributed by atoms with van der Waals surface area (Å²) in [5, 5.41) is 16.2. The smallest absolute Gasteiger partial charge is 0.210 e. The van der Waals surface area contributed by atoms with E-state index in [2.05, 4.69) is 20.7 Å². The lowest BCUT2D eigenvalue weighted by molar-refractivity contribution is 0.393. The van der Waals surface area contributed by atoms with Gasteiger partial charge in [-0.3, -0.25) is 0 Å². The van der Waals surface area contributed by atoms with E-state index in [4.69, 9.17) is 9.26 Å². The number of para-hydroxylation sites is 2. The van der Waals surface area contributed by atoms with Gasteiger partial charge in [-0.2, -0.15) is 0 Å². The van der Waals surface area contributed by atoms with Gasteiger partial charge in [0.1, 0.15) is 11.5 Å². The molecule has 1 N–H and O–H groups in total. The first-order valence-electron chi connectivity index (χ1n) is 6.53. The van der Waals surface area contributed by atoms with Gasteiger partial charge in [0.05, 0.1) is 18.5 Å². The first-order chi connectivity index (χ1) is 10.7. The highest BCUT2D eigenvalue weighted by atomic mass is 32.2. The van der Waals surface area contributed by atoms with Gasteiger partial charge in [-0.25, -0.2) is 0 Å². The summed E-state index contributed by atoms with van der Waals surface area (Å²) >= 11 is 3.07. The largest absolute Gasteiger partial charge is 0.495 e. The van der Waals surface area contributed by atoms with Crippen LogP contribution in [0.3, 0.4) is 0 Å². The predicted molar refractivity (Wildman–Crippen MR) is 87.0 cm³/mol. The van der Waals surface area contributed by atoms with Gasteiger partial charge in [-0.1, -0.05) is 40.4 Å². The monoisotopic (exact) mass is 334 g/mol. The molecule has 2 heterocycles. The molecule has 0 saturated carbocycles. The van der Waals surface area contributed by atoms with Gasteiger partial charge in [0.25, 0.3) is 0 Å². The first-order valence-corrected chi connectivity index (χ1v) is 8.33.